The van der Waals surface area contributed by atoms with Gasteiger partial charge >= 0.3 is 0 Å². The maximum absolute atomic E-state index is 5.87. The first-order chi connectivity index (χ1) is 7.33. The maximum atomic E-state index is 5.87. The minimum Gasteiger partial charge on any atom is -0.494 e. The van der Waals surface area contributed by atoms with Crippen LogP contribution >= 0.6 is 15.9 Å². The van der Waals surface area contributed by atoms with Gasteiger partial charge in [0.1, 0.15) is 17.1 Å². The van der Waals surface area contributed by atoms with Crippen LogP contribution in [-0.4, -0.2) is 12.2 Å². The molecule has 1 aromatic carbocycles. The fraction of sp³-hybridized carbons (Fsp3) is 0.538. The summed E-state index contributed by atoms with van der Waals surface area (Å²) in [6.07, 6.45) is 0. The third kappa shape index (κ3) is 3.71. The molecule has 2 nitrogen and oxygen atoms in total. The lowest BCUT2D eigenvalue weighted by atomic mass is 10.1. The lowest BCUT2D eigenvalue weighted by molar-refractivity contribution is 0.129. The van der Waals surface area contributed by atoms with Crippen molar-refractivity contribution in [3.05, 3.63) is 22.2 Å². The lowest BCUT2D eigenvalue weighted by Gasteiger charge is -2.23. The molecule has 1 aromatic rings. The molecule has 0 spiro atoms. The van der Waals surface area contributed by atoms with Crippen LogP contribution < -0.4 is 9.47 Å². The van der Waals surface area contributed by atoms with Crippen molar-refractivity contribution < 1.29 is 9.47 Å². The molecule has 0 fully saturated rings. The molecule has 0 aromatic heterocycles. The molecule has 0 aliphatic carbocycles. The van der Waals surface area contributed by atoms with Crippen molar-refractivity contribution in [2.24, 2.45) is 0 Å². The average molecular weight is 287 g/mol. The van der Waals surface area contributed by atoms with Gasteiger partial charge in [0.05, 0.1) is 11.1 Å². The molecular formula is C13H19BrO2. The number of aryl methyl sites for hydroxylation is 1. The number of ether oxygens (including phenoxy) is 2. The van der Waals surface area contributed by atoms with Gasteiger partial charge in [-0.1, -0.05) is 0 Å². The molecule has 3 heteroatoms. The van der Waals surface area contributed by atoms with Crippen LogP contribution in [0.15, 0.2) is 16.6 Å². The Morgan fingerprint density at radius 2 is 1.88 bits per heavy atom. The predicted molar refractivity (Wildman–Crippen MR) is 70.4 cm³/mol. The number of hydrogen-bond donors (Lipinski definition) is 0. The third-order valence-corrected chi connectivity index (χ3v) is 2.94. The monoisotopic (exact) mass is 286 g/mol. The Hall–Kier alpha value is -0.700. The van der Waals surface area contributed by atoms with Gasteiger partial charge in [0.2, 0.25) is 0 Å². The number of rotatable bonds is 3. The summed E-state index contributed by atoms with van der Waals surface area (Å²) in [6.45, 7) is 10.8. The van der Waals surface area contributed by atoms with E-state index in [-0.39, 0.29) is 5.60 Å². The first-order valence-corrected chi connectivity index (χ1v) is 6.24. The van der Waals surface area contributed by atoms with E-state index in [0.29, 0.717) is 6.61 Å². The van der Waals surface area contributed by atoms with Gasteiger partial charge in [-0.2, -0.15) is 0 Å². The van der Waals surface area contributed by atoms with Gasteiger partial charge in [0.15, 0.2) is 0 Å². The first-order valence-electron chi connectivity index (χ1n) is 5.45. The summed E-state index contributed by atoms with van der Waals surface area (Å²) in [5.41, 5.74) is 0.907. The third-order valence-electron chi connectivity index (χ3n) is 1.92. The first kappa shape index (κ1) is 13.4. The van der Waals surface area contributed by atoms with Crippen molar-refractivity contribution in [1.29, 1.82) is 0 Å². The Morgan fingerprint density at radius 3 is 2.38 bits per heavy atom. The van der Waals surface area contributed by atoms with Gasteiger partial charge in [-0.15, -0.1) is 0 Å². The minimum absolute atomic E-state index is 0.209. The second-order valence-corrected chi connectivity index (χ2v) is 5.49. The molecule has 0 atom stereocenters. The molecule has 0 radical (unpaired) electrons. The molecule has 1 rings (SSSR count). The van der Waals surface area contributed by atoms with Gasteiger partial charge in [-0.25, -0.2) is 0 Å². The molecule has 0 aliphatic heterocycles. The van der Waals surface area contributed by atoms with E-state index in [4.69, 9.17) is 9.47 Å². The Balaban J connectivity index is 3.06. The summed E-state index contributed by atoms with van der Waals surface area (Å²) in [7, 11) is 0. The summed E-state index contributed by atoms with van der Waals surface area (Å²) in [5.74, 6) is 1.68. The van der Waals surface area contributed by atoms with E-state index in [1.165, 1.54) is 0 Å². The van der Waals surface area contributed by atoms with Gasteiger partial charge in [0.25, 0.3) is 0 Å². The van der Waals surface area contributed by atoms with E-state index in [2.05, 4.69) is 15.9 Å². The van der Waals surface area contributed by atoms with E-state index >= 15 is 0 Å². The van der Waals surface area contributed by atoms with Crippen LogP contribution in [0.2, 0.25) is 0 Å². The molecule has 0 N–H and O–H groups in total. The smallest absolute Gasteiger partial charge is 0.138 e. The Bertz CT molecular complexity index is 367. The highest BCUT2D eigenvalue weighted by Gasteiger charge is 2.16. The molecular weight excluding hydrogens is 268 g/mol. The van der Waals surface area contributed by atoms with Crippen LogP contribution in [0.5, 0.6) is 11.5 Å². The molecule has 0 aliphatic rings. The van der Waals surface area contributed by atoms with Gasteiger partial charge in [-0.05, 0) is 62.2 Å². The highest BCUT2D eigenvalue weighted by Crippen LogP contribution is 2.35. The van der Waals surface area contributed by atoms with Gasteiger partial charge < -0.3 is 9.47 Å². The number of hydrogen-bond acceptors (Lipinski definition) is 2. The molecule has 0 heterocycles. The zero-order chi connectivity index (χ0) is 12.3. The van der Waals surface area contributed by atoms with E-state index < -0.39 is 0 Å². The largest absolute Gasteiger partial charge is 0.494 e. The Morgan fingerprint density at radius 1 is 1.25 bits per heavy atom. The van der Waals surface area contributed by atoms with Crippen LogP contribution in [0.1, 0.15) is 33.3 Å². The van der Waals surface area contributed by atoms with E-state index in [1.54, 1.807) is 0 Å². The van der Waals surface area contributed by atoms with Gasteiger partial charge in [0, 0.05) is 6.07 Å². The van der Waals surface area contributed by atoms with E-state index in [0.717, 1.165) is 21.5 Å². The van der Waals surface area contributed by atoms with Crippen LogP contribution in [0, 0.1) is 6.92 Å². The van der Waals surface area contributed by atoms with Gasteiger partial charge in [-0.3, -0.25) is 0 Å². The number of halogens is 1. The highest BCUT2D eigenvalue weighted by molar-refractivity contribution is 9.10. The lowest BCUT2D eigenvalue weighted by Crippen LogP contribution is -2.23. The second-order valence-electron chi connectivity index (χ2n) is 4.70. The zero-order valence-electron chi connectivity index (χ0n) is 10.6. The number of benzene rings is 1. The molecule has 0 amide bonds. The minimum atomic E-state index is -0.209. The average Bonchev–Trinajstić information content (AvgIpc) is 2.11. The normalized spacial score (nSPS) is 11.4. The summed E-state index contributed by atoms with van der Waals surface area (Å²) in [6, 6.07) is 3.93. The fourth-order valence-corrected chi connectivity index (χ4v) is 1.67. The van der Waals surface area contributed by atoms with Crippen LogP contribution in [0.25, 0.3) is 0 Å². The van der Waals surface area contributed by atoms with Crippen molar-refractivity contribution in [2.45, 2.75) is 40.2 Å². The van der Waals surface area contributed by atoms with Crippen molar-refractivity contribution in [3.8, 4) is 11.5 Å². The van der Waals surface area contributed by atoms with Crippen molar-refractivity contribution in [3.63, 3.8) is 0 Å². The maximum Gasteiger partial charge on any atom is 0.138 e. The predicted octanol–water partition coefficient (Wildman–Crippen LogP) is 4.33. The summed E-state index contributed by atoms with van der Waals surface area (Å²) in [4.78, 5) is 0. The van der Waals surface area contributed by atoms with Crippen molar-refractivity contribution in [1.82, 2.24) is 0 Å². The van der Waals surface area contributed by atoms with Crippen LogP contribution in [-0.2, 0) is 0 Å². The molecule has 0 saturated heterocycles. The highest BCUT2D eigenvalue weighted by atomic mass is 79.9. The summed E-state index contributed by atoms with van der Waals surface area (Å²) < 4.78 is 12.4. The zero-order valence-corrected chi connectivity index (χ0v) is 12.1. The molecule has 0 bridgehead atoms. The van der Waals surface area contributed by atoms with E-state index in [9.17, 15) is 0 Å². The van der Waals surface area contributed by atoms with E-state index in [1.807, 2.05) is 46.8 Å². The standard InChI is InChI=1S/C13H19BrO2/c1-6-15-10-7-9(2)12(14)11(8-10)16-13(3,4)5/h7-8H,6H2,1-5H3. The SMILES string of the molecule is CCOc1cc(C)c(Br)c(OC(C)(C)C)c1. The summed E-state index contributed by atoms with van der Waals surface area (Å²) in [5, 5.41) is 0. The van der Waals surface area contributed by atoms with Crippen molar-refractivity contribution >= 4 is 15.9 Å². The molecule has 0 saturated carbocycles. The fourth-order valence-electron chi connectivity index (χ4n) is 1.36. The quantitative estimate of drug-likeness (QED) is 0.823. The second kappa shape index (κ2) is 5.09. The van der Waals surface area contributed by atoms with Crippen LogP contribution in [0.4, 0.5) is 0 Å². The topological polar surface area (TPSA) is 18.5 Å². The molecule has 0 unspecified atom stereocenters. The molecule has 90 valence electrons. The molecule has 16 heavy (non-hydrogen) atoms. The van der Waals surface area contributed by atoms with Crippen molar-refractivity contribution in [2.75, 3.05) is 6.61 Å². The Labute approximate surface area is 106 Å². The Kier molecular flexibility index (Phi) is 4.25. The summed E-state index contributed by atoms with van der Waals surface area (Å²) >= 11 is 3.54. The van der Waals surface area contributed by atoms with Crippen LogP contribution in [0.3, 0.4) is 0 Å².